The van der Waals surface area contributed by atoms with E-state index in [1.165, 1.54) is 0 Å². The molecule has 3 fully saturated rings. The summed E-state index contributed by atoms with van der Waals surface area (Å²) in [4.78, 5) is 0. The van der Waals surface area contributed by atoms with Crippen molar-refractivity contribution in [2.24, 2.45) is 0 Å². The van der Waals surface area contributed by atoms with Gasteiger partial charge >= 0.3 is 34.2 Å². The molecule has 1 saturated carbocycles. The molecule has 2 heterocycles. The summed E-state index contributed by atoms with van der Waals surface area (Å²) >= 11 is 0. The zero-order chi connectivity index (χ0) is 36.6. The lowest BCUT2D eigenvalue weighted by molar-refractivity contribution is -0.243. The van der Waals surface area contributed by atoms with Crippen LogP contribution in [-0.4, -0.2) is 91.4 Å². The first kappa shape index (κ1) is 42.7. The number of methoxy groups -OCH3 is 1. The second-order valence-corrected chi connectivity index (χ2v) is 34.4. The minimum atomic E-state index is -2.99. The van der Waals surface area contributed by atoms with Crippen LogP contribution in [0.2, 0.25) is 44.3 Å². The maximum Gasteiger partial charge on any atom is 0.335 e. The van der Waals surface area contributed by atoms with E-state index in [2.05, 4.69) is 117 Å². The van der Waals surface area contributed by atoms with Gasteiger partial charge < -0.3 is 40.1 Å². The maximum absolute atomic E-state index is 7.72. The highest BCUT2D eigenvalue weighted by molar-refractivity contribution is 6.85. The maximum atomic E-state index is 7.72. The Morgan fingerprint density at radius 1 is 0.479 bits per heavy atom. The number of fused-ring (bicyclic) bond motifs is 3. The lowest BCUT2D eigenvalue weighted by atomic mass is 9.84. The molecule has 0 amide bonds. The fourth-order valence-corrected chi connectivity index (χ4v) is 31.1. The van der Waals surface area contributed by atoms with Crippen LogP contribution in [0, 0.1) is 0 Å². The number of ether oxygens (including phenoxy) is 3. The fourth-order valence-electron chi connectivity index (χ4n) is 8.51. The molecule has 0 spiro atoms. The van der Waals surface area contributed by atoms with Gasteiger partial charge in [0.15, 0.2) is 0 Å². The minimum absolute atomic E-state index is 0.0727. The molecule has 2 saturated heterocycles. The van der Waals surface area contributed by atoms with Crippen LogP contribution in [0.15, 0.2) is 12.7 Å². The van der Waals surface area contributed by atoms with Gasteiger partial charge in [0.1, 0.15) is 43.4 Å². The zero-order valence-electron chi connectivity index (χ0n) is 33.5. The molecular weight excluding hydrogens is 677 g/mol. The largest absolute Gasteiger partial charge is 0.414 e. The van der Waals surface area contributed by atoms with Crippen molar-refractivity contribution in [3.8, 4) is 0 Å². The summed E-state index contributed by atoms with van der Waals surface area (Å²) in [6.45, 7) is 40.4. The van der Waals surface area contributed by atoms with Crippen LogP contribution in [0.4, 0.5) is 0 Å². The van der Waals surface area contributed by atoms with Gasteiger partial charge in [0.25, 0.3) is 0 Å². The van der Waals surface area contributed by atoms with Crippen LogP contribution in [0.25, 0.3) is 0 Å². The molecule has 3 rings (SSSR count). The van der Waals surface area contributed by atoms with Crippen LogP contribution in [0.5, 0.6) is 0 Å². The quantitative estimate of drug-likeness (QED) is 0.0981. The van der Waals surface area contributed by atoms with Crippen molar-refractivity contribution in [2.45, 2.75) is 192 Å². The molecule has 0 radical (unpaired) electrons. The Bertz CT molecular complexity index is 1010. The van der Waals surface area contributed by atoms with Crippen molar-refractivity contribution < 1.29 is 40.1 Å². The average molecular weight is 749 g/mol. The smallest absolute Gasteiger partial charge is 0.335 e. The molecule has 6 unspecified atom stereocenters. The third-order valence-corrected chi connectivity index (χ3v) is 31.6. The molecule has 48 heavy (non-hydrogen) atoms. The average Bonchev–Trinajstić information content (AvgIpc) is 3.27. The zero-order valence-corrected chi connectivity index (χ0v) is 37.5. The van der Waals surface area contributed by atoms with E-state index >= 15 is 0 Å². The van der Waals surface area contributed by atoms with Gasteiger partial charge in [-0.25, -0.2) is 0 Å². The van der Waals surface area contributed by atoms with E-state index in [0.717, 1.165) is 0 Å². The Morgan fingerprint density at radius 2 is 0.750 bits per heavy atom. The van der Waals surface area contributed by atoms with Gasteiger partial charge in [-0.3, -0.25) is 0 Å². The van der Waals surface area contributed by atoms with Gasteiger partial charge in [-0.05, 0) is 44.3 Å². The number of hydrogen-bond acceptors (Lipinski definition) is 9. The summed E-state index contributed by atoms with van der Waals surface area (Å²) < 4.78 is 65.0. The van der Waals surface area contributed by atoms with E-state index in [1.54, 1.807) is 13.2 Å². The van der Waals surface area contributed by atoms with Crippen molar-refractivity contribution >= 4 is 34.2 Å². The van der Waals surface area contributed by atoms with Gasteiger partial charge in [-0.15, -0.1) is 6.58 Å². The molecule has 13 heteroatoms. The molecule has 2 aliphatic heterocycles. The van der Waals surface area contributed by atoms with Gasteiger partial charge in [-0.1, -0.05) is 117 Å². The monoisotopic (exact) mass is 748 g/mol. The normalized spacial score (nSPS) is 31.5. The standard InChI is InChI=1S/C35H72O9Si4/c1-19-20-37-30-31(38-21-36-18)33-35(42-48(28(14)15,29(16)17)44-46(40-33,24(6)7)25(8)9)34-32(30)39-45(22(2)3,23(4)5)43-47(41-34,26(10)11)27(12)13/h19,22-35H,1,20-21H2,2-18H3. The Morgan fingerprint density at radius 3 is 1.00 bits per heavy atom. The predicted molar refractivity (Wildman–Crippen MR) is 202 cm³/mol. The third-order valence-electron chi connectivity index (χ3n) is 11.1. The molecule has 0 aromatic rings. The summed E-state index contributed by atoms with van der Waals surface area (Å²) in [5.41, 5.74) is 1.30. The third kappa shape index (κ3) is 7.51. The fraction of sp³-hybridized carbons (Fsp3) is 0.943. The van der Waals surface area contributed by atoms with E-state index in [4.69, 9.17) is 40.1 Å². The summed E-state index contributed by atoms with van der Waals surface area (Å²) in [5.74, 6) is 0. The van der Waals surface area contributed by atoms with Crippen molar-refractivity contribution in [3.63, 3.8) is 0 Å². The second-order valence-electron chi connectivity index (χ2n) is 16.8. The molecule has 0 aromatic heterocycles. The molecule has 9 nitrogen and oxygen atoms in total. The van der Waals surface area contributed by atoms with E-state index in [-0.39, 0.29) is 51.1 Å². The molecule has 282 valence electrons. The first-order valence-corrected chi connectivity index (χ1v) is 26.6. The molecule has 6 atom stereocenters. The van der Waals surface area contributed by atoms with Crippen LogP contribution >= 0.6 is 0 Å². The van der Waals surface area contributed by atoms with Crippen molar-refractivity contribution in [1.82, 2.24) is 0 Å². The van der Waals surface area contributed by atoms with E-state index in [9.17, 15) is 0 Å². The molecular formula is C35H72O9Si4. The lowest BCUT2D eigenvalue weighted by Crippen LogP contribution is -2.70. The Hall–Kier alpha value is 0.248. The van der Waals surface area contributed by atoms with Gasteiger partial charge in [0.05, 0.1) is 6.61 Å². The molecule has 3 aliphatic rings. The predicted octanol–water partition coefficient (Wildman–Crippen LogP) is 9.21. The molecule has 0 bridgehead atoms. The topological polar surface area (TPSA) is 83.1 Å². The summed E-state index contributed by atoms with van der Waals surface area (Å²) in [6, 6.07) is 0. The Kier molecular flexibility index (Phi) is 14.7. The summed E-state index contributed by atoms with van der Waals surface area (Å²) in [5, 5.41) is 0. The van der Waals surface area contributed by atoms with Crippen LogP contribution in [0.1, 0.15) is 111 Å². The van der Waals surface area contributed by atoms with Crippen LogP contribution < -0.4 is 0 Å². The minimum Gasteiger partial charge on any atom is -0.414 e. The summed E-state index contributed by atoms with van der Waals surface area (Å²) in [7, 11) is -10.3. The Balaban J connectivity index is 2.49. The first-order chi connectivity index (χ1) is 22.2. The van der Waals surface area contributed by atoms with Gasteiger partial charge in [0.2, 0.25) is 0 Å². The molecule has 0 N–H and O–H groups in total. The lowest BCUT2D eigenvalue weighted by Gasteiger charge is -2.52. The molecule has 1 aliphatic carbocycles. The van der Waals surface area contributed by atoms with E-state index in [0.29, 0.717) is 6.61 Å². The highest BCUT2D eigenvalue weighted by Crippen LogP contribution is 2.54. The summed E-state index contributed by atoms with van der Waals surface area (Å²) in [6.07, 6.45) is -1.46. The van der Waals surface area contributed by atoms with Gasteiger partial charge in [0, 0.05) is 7.11 Å². The first-order valence-electron chi connectivity index (χ1n) is 18.7. The number of rotatable bonds is 14. The highest BCUT2D eigenvalue weighted by Gasteiger charge is 2.70. The molecule has 0 aromatic carbocycles. The number of hydrogen-bond donors (Lipinski definition) is 0. The highest BCUT2D eigenvalue weighted by atomic mass is 28.5. The van der Waals surface area contributed by atoms with Crippen LogP contribution in [0.3, 0.4) is 0 Å². The van der Waals surface area contributed by atoms with E-state index < -0.39 is 70.9 Å². The second kappa shape index (κ2) is 16.5. The van der Waals surface area contributed by atoms with E-state index in [1.807, 2.05) is 0 Å². The van der Waals surface area contributed by atoms with Crippen LogP contribution in [-0.2, 0) is 40.1 Å². The van der Waals surface area contributed by atoms with Crippen molar-refractivity contribution in [1.29, 1.82) is 0 Å². The SMILES string of the molecule is C=CCOC1C(OCOC)C2O[Si](C(C)C)(C(C)C)O[Si](C(C)C)(C(C)C)OC2C2O[Si](C(C)C)(C(C)C)O[Si](C(C)C)(C(C)C)OC12. The van der Waals surface area contributed by atoms with Crippen molar-refractivity contribution in [3.05, 3.63) is 12.7 Å². The Labute approximate surface area is 298 Å². The van der Waals surface area contributed by atoms with Gasteiger partial charge in [-0.2, -0.15) is 0 Å². The van der Waals surface area contributed by atoms with Crippen molar-refractivity contribution in [2.75, 3.05) is 20.5 Å².